The van der Waals surface area contributed by atoms with E-state index in [4.69, 9.17) is 0 Å². The first-order valence-corrected chi connectivity index (χ1v) is 7.68. The van der Waals surface area contributed by atoms with E-state index in [9.17, 15) is 14.6 Å². The van der Waals surface area contributed by atoms with Crippen molar-refractivity contribution in [3.63, 3.8) is 0 Å². The third-order valence-corrected chi connectivity index (χ3v) is 5.04. The summed E-state index contributed by atoms with van der Waals surface area (Å²) in [7, 11) is 0. The highest BCUT2D eigenvalue weighted by Crippen LogP contribution is 2.45. The topological polar surface area (TPSA) is 53.4 Å². The van der Waals surface area contributed by atoms with Crippen LogP contribution < -0.4 is 0 Å². The Labute approximate surface area is 130 Å². The highest BCUT2D eigenvalue weighted by Gasteiger charge is 2.33. The first kappa shape index (κ1) is 13.6. The maximum absolute atomic E-state index is 13.0. The Morgan fingerprint density at radius 3 is 2.23 bits per heavy atom. The Morgan fingerprint density at radius 2 is 1.55 bits per heavy atom. The second kappa shape index (κ2) is 4.98. The van der Waals surface area contributed by atoms with Crippen molar-refractivity contribution in [1.29, 1.82) is 0 Å². The van der Waals surface area contributed by atoms with E-state index in [1.807, 2.05) is 18.2 Å². The molecule has 2 aromatic carbocycles. The predicted octanol–water partition coefficient (Wildman–Crippen LogP) is 3.43. The summed E-state index contributed by atoms with van der Waals surface area (Å²) in [6.45, 7) is 0. The molecule has 1 aliphatic carbocycles. The number of hydrogen-bond acceptors (Lipinski definition) is 4. The largest absolute Gasteiger partial charge is 0.383 e. The fourth-order valence-electron chi connectivity index (χ4n) is 2.75. The van der Waals surface area contributed by atoms with E-state index in [1.165, 1.54) is 23.5 Å². The van der Waals surface area contributed by atoms with Crippen molar-refractivity contribution in [2.45, 2.75) is 12.2 Å². The second-order valence-electron chi connectivity index (χ2n) is 5.21. The van der Waals surface area contributed by atoms with E-state index >= 15 is 0 Å². The Kier molecular flexibility index (Phi) is 3.07. The molecule has 3 nitrogen and oxygen atoms in total. The predicted molar refractivity (Wildman–Crippen MR) is 82.1 cm³/mol. The normalized spacial score (nSPS) is 19.6. The molecule has 0 radical (unpaired) electrons. The first-order chi connectivity index (χ1) is 10.6. The van der Waals surface area contributed by atoms with Gasteiger partial charge in [0.15, 0.2) is 0 Å². The van der Waals surface area contributed by atoms with Crippen LogP contribution >= 0.6 is 11.3 Å². The Hall–Kier alpha value is -2.08. The molecule has 0 saturated carbocycles. The van der Waals surface area contributed by atoms with Crippen molar-refractivity contribution in [2.24, 2.45) is 0 Å². The lowest BCUT2D eigenvalue weighted by molar-refractivity contribution is 0.173. The molecule has 0 fully saturated rings. The molecule has 0 aliphatic heterocycles. The molecule has 4 rings (SSSR count). The zero-order valence-electron chi connectivity index (χ0n) is 11.4. The molecule has 5 heteroatoms. The van der Waals surface area contributed by atoms with Crippen molar-refractivity contribution < 1.29 is 14.6 Å². The summed E-state index contributed by atoms with van der Waals surface area (Å²) < 4.78 is 13.0. The van der Waals surface area contributed by atoms with Gasteiger partial charge in [0.25, 0.3) is 0 Å². The van der Waals surface area contributed by atoms with Gasteiger partial charge in [0.1, 0.15) is 23.0 Å². The fourth-order valence-corrected chi connectivity index (χ4v) is 3.86. The van der Waals surface area contributed by atoms with Crippen molar-refractivity contribution in [3.05, 3.63) is 76.0 Å². The van der Waals surface area contributed by atoms with Crippen molar-refractivity contribution in [3.8, 4) is 10.6 Å². The average molecular weight is 313 g/mol. The molecule has 0 saturated heterocycles. The molecule has 3 aromatic rings. The van der Waals surface area contributed by atoms with Gasteiger partial charge in [-0.3, -0.25) is 0 Å². The summed E-state index contributed by atoms with van der Waals surface area (Å²) in [6.07, 6.45) is -1.64. The van der Waals surface area contributed by atoms with E-state index in [2.05, 4.69) is 4.98 Å². The minimum absolute atomic E-state index is 0.308. The minimum Gasteiger partial charge on any atom is -0.383 e. The van der Waals surface area contributed by atoms with E-state index < -0.39 is 12.2 Å². The smallest absolute Gasteiger partial charge is 0.124 e. The molecular formula is C17H12FNO2S. The molecule has 22 heavy (non-hydrogen) atoms. The van der Waals surface area contributed by atoms with Crippen LogP contribution in [0.4, 0.5) is 4.39 Å². The molecular weight excluding hydrogens is 301 g/mol. The lowest BCUT2D eigenvalue weighted by Crippen LogP contribution is -2.16. The number of aliphatic hydroxyl groups excluding tert-OH is 2. The van der Waals surface area contributed by atoms with Gasteiger partial charge < -0.3 is 10.2 Å². The molecule has 2 unspecified atom stereocenters. The average Bonchev–Trinajstić information content (AvgIpc) is 2.99. The molecule has 110 valence electrons. The van der Waals surface area contributed by atoms with Crippen molar-refractivity contribution in [1.82, 2.24) is 4.98 Å². The maximum Gasteiger partial charge on any atom is 0.124 e. The Balaban J connectivity index is 1.84. The molecule has 1 heterocycles. The number of aromatic nitrogens is 1. The molecule has 1 aliphatic rings. The van der Waals surface area contributed by atoms with Crippen LogP contribution in [0.1, 0.15) is 33.9 Å². The van der Waals surface area contributed by atoms with Crippen LogP contribution in [0.15, 0.2) is 48.5 Å². The Bertz CT molecular complexity index is 798. The van der Waals surface area contributed by atoms with Gasteiger partial charge in [-0.15, -0.1) is 11.3 Å². The summed E-state index contributed by atoms with van der Waals surface area (Å²) in [4.78, 5) is 5.11. The summed E-state index contributed by atoms with van der Waals surface area (Å²) in [5.41, 5.74) is 2.63. The lowest BCUT2D eigenvalue weighted by Gasteiger charge is -2.24. The zero-order chi connectivity index (χ0) is 15.3. The molecule has 0 bridgehead atoms. The number of fused-ring (bicyclic) bond motifs is 2. The molecule has 2 atom stereocenters. The monoisotopic (exact) mass is 313 g/mol. The number of halogens is 1. The van der Waals surface area contributed by atoms with Gasteiger partial charge in [0, 0.05) is 5.56 Å². The van der Waals surface area contributed by atoms with Crippen LogP contribution in [-0.4, -0.2) is 15.2 Å². The van der Waals surface area contributed by atoms with Crippen LogP contribution in [-0.2, 0) is 0 Å². The van der Waals surface area contributed by atoms with Crippen LogP contribution in [0.2, 0.25) is 0 Å². The molecule has 1 aromatic heterocycles. The standard InChI is InChI=1S/C17H12FNO2S/c18-10-7-5-9(6-8-10)17-19-13-14(20)11-3-1-2-4-12(11)15(21)16(13)22-17/h1-8,14-15,20-21H. The van der Waals surface area contributed by atoms with Crippen molar-refractivity contribution >= 4 is 11.3 Å². The SMILES string of the molecule is OC1c2ccccc2C(O)c2sc(-c3ccc(F)cc3)nc21. The summed E-state index contributed by atoms with van der Waals surface area (Å²) in [6, 6.07) is 13.3. The third kappa shape index (κ3) is 1.98. The van der Waals surface area contributed by atoms with Crippen LogP contribution in [0.5, 0.6) is 0 Å². The number of hydrogen-bond donors (Lipinski definition) is 2. The van der Waals surface area contributed by atoms with Gasteiger partial charge in [0.05, 0.1) is 10.6 Å². The molecule has 0 amide bonds. The number of nitrogens with zero attached hydrogens (tertiary/aromatic N) is 1. The number of benzene rings is 2. The lowest BCUT2D eigenvalue weighted by atomic mass is 9.89. The quantitative estimate of drug-likeness (QED) is 0.724. The van der Waals surface area contributed by atoms with Gasteiger partial charge in [-0.05, 0) is 35.4 Å². The van der Waals surface area contributed by atoms with Crippen LogP contribution in [0.25, 0.3) is 10.6 Å². The number of thiazole rings is 1. The van der Waals surface area contributed by atoms with Gasteiger partial charge in [-0.2, -0.15) is 0 Å². The van der Waals surface area contributed by atoms with E-state index in [0.29, 0.717) is 26.7 Å². The molecule has 2 N–H and O–H groups in total. The number of rotatable bonds is 1. The van der Waals surface area contributed by atoms with Crippen molar-refractivity contribution in [2.75, 3.05) is 0 Å². The summed E-state index contributed by atoms with van der Waals surface area (Å²) in [5.74, 6) is -0.308. The van der Waals surface area contributed by atoms with E-state index in [-0.39, 0.29) is 5.82 Å². The maximum atomic E-state index is 13.0. The summed E-state index contributed by atoms with van der Waals surface area (Å²) in [5, 5.41) is 21.7. The fraction of sp³-hybridized carbons (Fsp3) is 0.118. The highest BCUT2D eigenvalue weighted by molar-refractivity contribution is 7.15. The van der Waals surface area contributed by atoms with Gasteiger partial charge >= 0.3 is 0 Å². The molecule has 0 spiro atoms. The van der Waals surface area contributed by atoms with Crippen LogP contribution in [0.3, 0.4) is 0 Å². The summed E-state index contributed by atoms with van der Waals surface area (Å²) >= 11 is 1.33. The zero-order valence-corrected chi connectivity index (χ0v) is 12.2. The Morgan fingerprint density at radius 1 is 0.909 bits per heavy atom. The van der Waals surface area contributed by atoms with Gasteiger partial charge in [-0.25, -0.2) is 9.37 Å². The van der Waals surface area contributed by atoms with E-state index in [0.717, 1.165) is 5.56 Å². The van der Waals surface area contributed by atoms with Gasteiger partial charge in [0.2, 0.25) is 0 Å². The minimum atomic E-state index is -0.847. The first-order valence-electron chi connectivity index (χ1n) is 6.86. The van der Waals surface area contributed by atoms with Gasteiger partial charge in [-0.1, -0.05) is 24.3 Å². The second-order valence-corrected chi connectivity index (χ2v) is 6.24. The van der Waals surface area contributed by atoms with Crippen LogP contribution in [0, 0.1) is 5.82 Å². The number of aliphatic hydroxyl groups is 2. The third-order valence-electron chi connectivity index (χ3n) is 3.86. The highest BCUT2D eigenvalue weighted by atomic mass is 32.1. The van der Waals surface area contributed by atoms with E-state index in [1.54, 1.807) is 18.2 Å².